The molecule has 3 rings (SSSR count). The van der Waals surface area contributed by atoms with Crippen LogP contribution in [0.25, 0.3) is 6.08 Å². The molecule has 0 saturated carbocycles. The van der Waals surface area contributed by atoms with Crippen molar-refractivity contribution in [2.45, 2.75) is 6.92 Å². The van der Waals surface area contributed by atoms with E-state index in [1.165, 1.54) is 11.6 Å². The Morgan fingerprint density at radius 3 is 2.32 bits per heavy atom. The van der Waals surface area contributed by atoms with E-state index in [1.54, 1.807) is 42.3 Å². The van der Waals surface area contributed by atoms with Crippen LogP contribution in [0.5, 0.6) is 0 Å². The topological polar surface area (TPSA) is 49.4 Å². The van der Waals surface area contributed by atoms with Crippen LogP contribution in [0.1, 0.15) is 21.5 Å². The number of amides is 2. The third-order valence-electron chi connectivity index (χ3n) is 4.33. The molecule has 0 atom stereocenters. The maximum atomic E-state index is 12.7. The fourth-order valence-corrected chi connectivity index (χ4v) is 2.73. The molecule has 28 heavy (non-hydrogen) atoms. The van der Waals surface area contributed by atoms with Crippen molar-refractivity contribution in [2.24, 2.45) is 0 Å². The molecule has 4 heteroatoms. The van der Waals surface area contributed by atoms with Gasteiger partial charge in [-0.3, -0.25) is 9.59 Å². The highest BCUT2D eigenvalue weighted by molar-refractivity contribution is 6.07. The van der Waals surface area contributed by atoms with E-state index in [0.29, 0.717) is 11.3 Å². The highest BCUT2D eigenvalue weighted by Crippen LogP contribution is 2.17. The molecule has 0 fully saturated rings. The average molecular weight is 370 g/mol. The summed E-state index contributed by atoms with van der Waals surface area (Å²) in [6, 6.07) is 24.3. The maximum absolute atomic E-state index is 12.7. The van der Waals surface area contributed by atoms with Crippen LogP contribution in [0.3, 0.4) is 0 Å². The number of benzene rings is 3. The molecule has 1 N–H and O–H groups in total. The summed E-state index contributed by atoms with van der Waals surface area (Å²) in [6.07, 6.45) is 3.24. The molecule has 0 aliphatic heterocycles. The molecule has 4 nitrogen and oxygen atoms in total. The van der Waals surface area contributed by atoms with Crippen LogP contribution in [0.2, 0.25) is 0 Å². The number of hydrogen-bond acceptors (Lipinski definition) is 2. The summed E-state index contributed by atoms with van der Waals surface area (Å²) in [5, 5.41) is 2.80. The Kier molecular flexibility index (Phi) is 6.02. The van der Waals surface area contributed by atoms with Crippen LogP contribution < -0.4 is 10.2 Å². The van der Waals surface area contributed by atoms with Gasteiger partial charge in [0.1, 0.15) is 0 Å². The third kappa shape index (κ3) is 4.95. The first kappa shape index (κ1) is 19.1. The molecule has 0 bridgehead atoms. The van der Waals surface area contributed by atoms with Crippen molar-refractivity contribution < 1.29 is 9.59 Å². The minimum Gasteiger partial charge on any atom is -0.322 e. The summed E-state index contributed by atoms with van der Waals surface area (Å²) in [4.78, 5) is 26.5. The zero-order valence-corrected chi connectivity index (χ0v) is 15.9. The van der Waals surface area contributed by atoms with E-state index in [2.05, 4.69) is 5.32 Å². The molecule has 140 valence electrons. The number of para-hydroxylation sites is 1. The minimum atomic E-state index is -0.249. The van der Waals surface area contributed by atoms with Crippen LogP contribution >= 0.6 is 0 Å². The molecular formula is C24H22N2O2. The molecule has 0 heterocycles. The number of hydrogen-bond donors (Lipinski definition) is 1. The van der Waals surface area contributed by atoms with Gasteiger partial charge in [-0.05, 0) is 48.9 Å². The zero-order valence-electron chi connectivity index (χ0n) is 15.9. The average Bonchev–Trinajstić information content (AvgIpc) is 2.73. The number of carbonyl (C=O) groups excluding carboxylic acids is 2. The van der Waals surface area contributed by atoms with Crippen molar-refractivity contribution in [1.29, 1.82) is 0 Å². The predicted octanol–water partition coefficient (Wildman–Crippen LogP) is 4.92. The fraction of sp³-hybridized carbons (Fsp3) is 0.0833. The van der Waals surface area contributed by atoms with Crippen LogP contribution in [-0.2, 0) is 4.79 Å². The van der Waals surface area contributed by atoms with Crippen LogP contribution in [-0.4, -0.2) is 18.9 Å². The zero-order chi connectivity index (χ0) is 19.9. The van der Waals surface area contributed by atoms with Gasteiger partial charge in [0.15, 0.2) is 0 Å². The summed E-state index contributed by atoms with van der Waals surface area (Å²) >= 11 is 0. The van der Waals surface area contributed by atoms with Gasteiger partial charge in [0.25, 0.3) is 5.91 Å². The van der Waals surface area contributed by atoms with Gasteiger partial charge in [0.2, 0.25) is 5.91 Å². The van der Waals surface area contributed by atoms with Gasteiger partial charge in [-0.2, -0.15) is 0 Å². The maximum Gasteiger partial charge on any atom is 0.258 e. The predicted molar refractivity (Wildman–Crippen MR) is 114 cm³/mol. The van der Waals surface area contributed by atoms with Gasteiger partial charge in [0.05, 0.1) is 0 Å². The van der Waals surface area contributed by atoms with E-state index in [4.69, 9.17) is 0 Å². The smallest absolute Gasteiger partial charge is 0.258 e. The molecular weight excluding hydrogens is 348 g/mol. The molecule has 0 radical (unpaired) electrons. The standard InChI is InChI=1S/C24H22N2O2/c1-18-11-13-19(14-12-18)15-16-23(27)25-21-8-6-7-20(17-21)24(28)26(2)22-9-4-3-5-10-22/h3-17H,1-2H3,(H,25,27)/b16-15+. The third-order valence-corrected chi connectivity index (χ3v) is 4.33. The van der Waals surface area contributed by atoms with Crippen LogP contribution in [0, 0.1) is 6.92 Å². The van der Waals surface area contributed by atoms with Crippen molar-refractivity contribution in [3.05, 3.63) is 102 Å². The molecule has 0 unspecified atom stereocenters. The summed E-state index contributed by atoms with van der Waals surface area (Å²) in [6.45, 7) is 2.02. The Bertz CT molecular complexity index is 993. The second kappa shape index (κ2) is 8.82. The van der Waals surface area contributed by atoms with E-state index in [9.17, 15) is 9.59 Å². The number of carbonyl (C=O) groups is 2. The first-order chi connectivity index (χ1) is 13.5. The molecule has 2 amide bonds. The van der Waals surface area contributed by atoms with Crippen molar-refractivity contribution in [2.75, 3.05) is 17.3 Å². The summed E-state index contributed by atoms with van der Waals surface area (Å²) in [7, 11) is 1.73. The van der Waals surface area contributed by atoms with Gasteiger partial charge < -0.3 is 10.2 Å². The lowest BCUT2D eigenvalue weighted by atomic mass is 10.1. The Hall–Kier alpha value is -3.66. The summed E-state index contributed by atoms with van der Waals surface area (Å²) in [5.41, 5.74) is 4.01. The molecule has 0 aliphatic rings. The Balaban J connectivity index is 1.68. The van der Waals surface area contributed by atoms with Crippen molar-refractivity contribution in [3.63, 3.8) is 0 Å². The summed E-state index contributed by atoms with van der Waals surface area (Å²) in [5.74, 6) is -0.390. The van der Waals surface area contributed by atoms with E-state index in [-0.39, 0.29) is 11.8 Å². The second-order valence-electron chi connectivity index (χ2n) is 6.51. The van der Waals surface area contributed by atoms with E-state index in [1.807, 2.05) is 61.5 Å². The monoisotopic (exact) mass is 370 g/mol. The van der Waals surface area contributed by atoms with Gasteiger partial charge in [-0.1, -0.05) is 54.1 Å². The van der Waals surface area contributed by atoms with Gasteiger partial charge in [0, 0.05) is 30.1 Å². The van der Waals surface area contributed by atoms with Gasteiger partial charge >= 0.3 is 0 Å². The Morgan fingerprint density at radius 2 is 1.61 bits per heavy atom. The molecule has 0 aliphatic carbocycles. The van der Waals surface area contributed by atoms with E-state index >= 15 is 0 Å². The van der Waals surface area contributed by atoms with Gasteiger partial charge in [-0.15, -0.1) is 0 Å². The Labute approximate surface area is 165 Å². The lowest BCUT2D eigenvalue weighted by molar-refractivity contribution is -0.111. The Morgan fingerprint density at radius 1 is 0.893 bits per heavy atom. The molecule has 3 aromatic rings. The van der Waals surface area contributed by atoms with Crippen molar-refractivity contribution in [3.8, 4) is 0 Å². The summed E-state index contributed by atoms with van der Waals surface area (Å²) < 4.78 is 0. The number of aryl methyl sites for hydroxylation is 1. The number of nitrogens with zero attached hydrogens (tertiary/aromatic N) is 1. The van der Waals surface area contributed by atoms with E-state index < -0.39 is 0 Å². The normalized spacial score (nSPS) is 10.6. The molecule has 0 spiro atoms. The fourth-order valence-electron chi connectivity index (χ4n) is 2.73. The molecule has 0 saturated heterocycles. The number of nitrogens with one attached hydrogen (secondary N) is 1. The van der Waals surface area contributed by atoms with Crippen LogP contribution in [0.15, 0.2) is 84.9 Å². The van der Waals surface area contributed by atoms with Crippen LogP contribution in [0.4, 0.5) is 11.4 Å². The molecule has 3 aromatic carbocycles. The minimum absolute atomic E-state index is 0.141. The lowest BCUT2D eigenvalue weighted by Gasteiger charge is -2.17. The van der Waals surface area contributed by atoms with Crippen molar-refractivity contribution in [1.82, 2.24) is 0 Å². The quantitative estimate of drug-likeness (QED) is 0.648. The van der Waals surface area contributed by atoms with Crippen molar-refractivity contribution >= 4 is 29.3 Å². The lowest BCUT2D eigenvalue weighted by Crippen LogP contribution is -2.26. The first-order valence-electron chi connectivity index (χ1n) is 9.02. The van der Waals surface area contributed by atoms with Gasteiger partial charge in [-0.25, -0.2) is 0 Å². The SMILES string of the molecule is Cc1ccc(/C=C/C(=O)Nc2cccc(C(=O)N(C)c3ccccc3)c2)cc1. The number of rotatable bonds is 5. The van der Waals surface area contributed by atoms with E-state index in [0.717, 1.165) is 11.3 Å². The second-order valence-corrected chi connectivity index (χ2v) is 6.51. The highest BCUT2D eigenvalue weighted by Gasteiger charge is 2.13. The molecule has 0 aromatic heterocycles. The first-order valence-corrected chi connectivity index (χ1v) is 9.02. The largest absolute Gasteiger partial charge is 0.322 e. The number of anilines is 2. The highest BCUT2D eigenvalue weighted by atomic mass is 16.2.